The molecule has 3 rings (SSSR count). The summed E-state index contributed by atoms with van der Waals surface area (Å²) in [5.74, 6) is 2.11. The molecule has 1 aromatic heterocycles. The lowest BCUT2D eigenvalue weighted by molar-refractivity contribution is -0.943. The zero-order chi connectivity index (χ0) is 18.9. The molecular weight excluding hydrogens is 372 g/mol. The van der Waals surface area contributed by atoms with Gasteiger partial charge < -0.3 is 14.2 Å². The molecule has 0 radical (unpaired) electrons. The molecule has 2 heterocycles. The Morgan fingerprint density at radius 3 is 2.58 bits per heavy atom. The fourth-order valence-corrected chi connectivity index (χ4v) is 5.44. The Hall–Kier alpha value is -1.71. The van der Waals surface area contributed by atoms with Crippen LogP contribution in [0.25, 0.3) is 11.4 Å². The summed E-state index contributed by atoms with van der Waals surface area (Å²) in [5.41, 5.74) is 0.958. The van der Waals surface area contributed by atoms with Gasteiger partial charge in [-0.25, -0.2) is 8.42 Å². The van der Waals surface area contributed by atoms with Crippen LogP contribution < -0.4 is 9.64 Å². The minimum absolute atomic E-state index is 0.110. The Balaban J connectivity index is 1.85. The van der Waals surface area contributed by atoms with Crippen molar-refractivity contribution >= 4 is 22.1 Å². The normalized spacial score (nSPS) is 20.2. The fourth-order valence-electron chi connectivity index (χ4n) is 3.42. The van der Waals surface area contributed by atoms with Gasteiger partial charge in [-0.05, 0) is 43.4 Å². The van der Waals surface area contributed by atoms with E-state index in [9.17, 15) is 8.42 Å². The van der Waals surface area contributed by atoms with Gasteiger partial charge in [0.05, 0.1) is 19.4 Å². The van der Waals surface area contributed by atoms with E-state index in [0.717, 1.165) is 23.7 Å². The van der Waals surface area contributed by atoms with Crippen LogP contribution in [-0.4, -0.2) is 54.0 Å². The smallest absolute Gasteiger partial charge is 0.202 e. The third kappa shape index (κ3) is 3.84. The second kappa shape index (κ2) is 7.50. The Kier molecular flexibility index (Phi) is 5.50. The number of nitrogens with one attached hydrogen (secondary N) is 1. The Morgan fingerprint density at radius 2 is 2.04 bits per heavy atom. The number of sulfone groups is 1. The number of quaternary nitrogens is 1. The molecule has 0 saturated carbocycles. The Labute approximate surface area is 159 Å². The zero-order valence-corrected chi connectivity index (χ0v) is 16.9. The third-order valence-corrected chi connectivity index (χ3v) is 7.26. The lowest BCUT2D eigenvalue weighted by Gasteiger charge is -2.22. The molecule has 2 atom stereocenters. The monoisotopic (exact) mass is 397 g/mol. The van der Waals surface area contributed by atoms with Gasteiger partial charge in [0.25, 0.3) is 0 Å². The minimum Gasteiger partial charge on any atom is -0.497 e. The third-order valence-electron chi connectivity index (χ3n) is 5.01. The predicted octanol–water partition coefficient (Wildman–Crippen LogP) is 0.676. The molecule has 0 amide bonds. The second-order valence-electron chi connectivity index (χ2n) is 6.66. The molecule has 142 valence electrons. The van der Waals surface area contributed by atoms with Crippen LogP contribution >= 0.6 is 12.2 Å². The molecule has 1 aliphatic rings. The molecule has 1 aromatic carbocycles. The summed E-state index contributed by atoms with van der Waals surface area (Å²) < 4.78 is 33.1. The number of ether oxygens (including phenoxy) is 1. The molecule has 0 bridgehead atoms. The molecule has 2 aromatic rings. The van der Waals surface area contributed by atoms with Crippen molar-refractivity contribution in [2.24, 2.45) is 7.05 Å². The van der Waals surface area contributed by atoms with Gasteiger partial charge in [-0.1, -0.05) is 0 Å². The Bertz CT molecular complexity index is 932. The molecule has 7 nitrogen and oxygen atoms in total. The van der Waals surface area contributed by atoms with Crippen molar-refractivity contribution < 1.29 is 18.1 Å². The molecular formula is C17H25N4O3S2+. The van der Waals surface area contributed by atoms with Crippen molar-refractivity contribution in [1.82, 2.24) is 14.3 Å². The average Bonchev–Trinajstić information content (AvgIpc) is 3.13. The fraction of sp³-hybridized carbons (Fsp3) is 0.529. The van der Waals surface area contributed by atoms with Crippen LogP contribution in [0.15, 0.2) is 24.3 Å². The Morgan fingerprint density at radius 1 is 1.35 bits per heavy atom. The van der Waals surface area contributed by atoms with Gasteiger partial charge in [0.2, 0.25) is 4.77 Å². The number of rotatable bonds is 6. The highest BCUT2D eigenvalue weighted by molar-refractivity contribution is 7.91. The van der Waals surface area contributed by atoms with Crippen molar-refractivity contribution in [2.45, 2.75) is 26.1 Å². The van der Waals surface area contributed by atoms with Crippen molar-refractivity contribution in [2.75, 3.05) is 25.2 Å². The van der Waals surface area contributed by atoms with Crippen LogP contribution in [0, 0.1) is 4.77 Å². The van der Waals surface area contributed by atoms with Gasteiger partial charge in [-0.3, -0.25) is 0 Å². The first-order chi connectivity index (χ1) is 12.3. The van der Waals surface area contributed by atoms with E-state index in [1.54, 1.807) is 11.8 Å². The summed E-state index contributed by atoms with van der Waals surface area (Å²) in [5, 5.41) is 4.69. The molecule has 9 heteroatoms. The van der Waals surface area contributed by atoms with Crippen LogP contribution in [0.4, 0.5) is 0 Å². The first-order valence-electron chi connectivity index (χ1n) is 8.68. The van der Waals surface area contributed by atoms with E-state index in [-0.39, 0.29) is 17.5 Å². The van der Waals surface area contributed by atoms with E-state index in [1.807, 2.05) is 35.9 Å². The van der Waals surface area contributed by atoms with E-state index in [2.05, 4.69) is 6.92 Å². The van der Waals surface area contributed by atoms with Gasteiger partial charge in [0, 0.05) is 19.0 Å². The molecule has 1 fully saturated rings. The van der Waals surface area contributed by atoms with Crippen molar-refractivity contribution in [3.05, 3.63) is 29.0 Å². The number of benzene rings is 1. The second-order valence-corrected chi connectivity index (χ2v) is 9.26. The maximum Gasteiger partial charge on any atom is 0.202 e. The maximum absolute atomic E-state index is 11.8. The van der Waals surface area contributed by atoms with E-state index in [0.29, 0.717) is 17.9 Å². The topological polar surface area (TPSA) is 70.6 Å². The largest absolute Gasteiger partial charge is 0.497 e. The standard InChI is InChI=1S/C17H24N4O3S2/c1-4-20(14-9-10-26(22,23)11-14)12-21-17(25)19(2)16(18-21)13-5-7-15(24-3)8-6-13/h5-8,14H,4,9-12H2,1-3H3/p+1/t14-/m0/s1. The van der Waals surface area contributed by atoms with E-state index in [1.165, 1.54) is 4.90 Å². The molecule has 1 saturated heterocycles. The van der Waals surface area contributed by atoms with Gasteiger partial charge in [-0.2, -0.15) is 4.68 Å². The lowest BCUT2D eigenvalue weighted by atomic mass is 10.2. The molecule has 0 aliphatic carbocycles. The van der Waals surface area contributed by atoms with Crippen LogP contribution in [0.2, 0.25) is 0 Å². The van der Waals surface area contributed by atoms with E-state index < -0.39 is 9.84 Å². The van der Waals surface area contributed by atoms with Gasteiger partial charge in [0.15, 0.2) is 22.3 Å². The van der Waals surface area contributed by atoms with E-state index >= 15 is 0 Å². The predicted molar refractivity (Wildman–Crippen MR) is 103 cm³/mol. The van der Waals surface area contributed by atoms with Gasteiger partial charge in [-0.15, -0.1) is 5.10 Å². The highest BCUT2D eigenvalue weighted by Crippen LogP contribution is 2.20. The van der Waals surface area contributed by atoms with Crippen molar-refractivity contribution in [3.8, 4) is 17.1 Å². The quantitative estimate of drug-likeness (QED) is 0.726. The zero-order valence-electron chi connectivity index (χ0n) is 15.3. The van der Waals surface area contributed by atoms with Crippen molar-refractivity contribution in [3.63, 3.8) is 0 Å². The maximum atomic E-state index is 11.8. The van der Waals surface area contributed by atoms with E-state index in [4.69, 9.17) is 22.1 Å². The number of hydrogen-bond donors (Lipinski definition) is 1. The molecule has 1 unspecified atom stereocenters. The number of aromatic nitrogens is 3. The SMILES string of the molecule is CC[NH+](Cn1nc(-c2ccc(OC)cc2)n(C)c1=S)[C@H]1CCS(=O)(=O)C1. The minimum atomic E-state index is -2.90. The summed E-state index contributed by atoms with van der Waals surface area (Å²) >= 11 is 5.56. The van der Waals surface area contributed by atoms with Crippen LogP contribution in [0.5, 0.6) is 5.75 Å². The highest BCUT2D eigenvalue weighted by Gasteiger charge is 2.35. The summed E-state index contributed by atoms with van der Waals surface area (Å²) in [7, 11) is 0.636. The van der Waals surface area contributed by atoms with Crippen LogP contribution in [0.3, 0.4) is 0 Å². The lowest BCUT2D eigenvalue weighted by Crippen LogP contribution is -3.15. The van der Waals surface area contributed by atoms with Gasteiger partial charge in [0.1, 0.15) is 17.5 Å². The average molecular weight is 398 g/mol. The van der Waals surface area contributed by atoms with Crippen LogP contribution in [0.1, 0.15) is 13.3 Å². The summed E-state index contributed by atoms with van der Waals surface area (Å²) in [6, 6.07) is 7.80. The number of hydrogen-bond acceptors (Lipinski definition) is 5. The van der Waals surface area contributed by atoms with Crippen LogP contribution in [-0.2, 0) is 23.6 Å². The van der Waals surface area contributed by atoms with Crippen molar-refractivity contribution in [1.29, 1.82) is 0 Å². The number of methoxy groups -OCH3 is 1. The highest BCUT2D eigenvalue weighted by atomic mass is 32.2. The summed E-state index contributed by atoms with van der Waals surface area (Å²) in [6.07, 6.45) is 0.705. The molecule has 26 heavy (non-hydrogen) atoms. The summed E-state index contributed by atoms with van der Waals surface area (Å²) in [6.45, 7) is 3.47. The first-order valence-corrected chi connectivity index (χ1v) is 10.9. The first kappa shape index (κ1) is 19.1. The van der Waals surface area contributed by atoms with Gasteiger partial charge >= 0.3 is 0 Å². The summed E-state index contributed by atoms with van der Waals surface area (Å²) in [4.78, 5) is 1.20. The number of nitrogens with zero attached hydrogens (tertiary/aromatic N) is 3. The molecule has 1 aliphatic heterocycles. The molecule has 0 spiro atoms. The molecule has 1 N–H and O–H groups in total.